The number of fused-ring (bicyclic) bond motifs is 3. The summed E-state index contributed by atoms with van der Waals surface area (Å²) in [5.41, 5.74) is 2.21. The number of rotatable bonds is 3. The molecule has 1 aromatic heterocycles. The van der Waals surface area contributed by atoms with Crippen LogP contribution in [-0.4, -0.2) is 12.5 Å². The van der Waals surface area contributed by atoms with Gasteiger partial charge in [-0.15, -0.1) is 0 Å². The number of hydrogen-bond donors (Lipinski definition) is 0. The smallest absolute Gasteiger partial charge is 0.259 e. The molecule has 7 heteroatoms. The largest absolute Gasteiger partial charge is 0.492 e. The minimum Gasteiger partial charge on any atom is -0.492 e. The first-order valence-corrected chi connectivity index (χ1v) is 11.4. The first-order valence-electron chi connectivity index (χ1n) is 8.86. The predicted octanol–water partition coefficient (Wildman–Crippen LogP) is 6.64. The van der Waals surface area contributed by atoms with E-state index in [1.54, 1.807) is 27.4 Å². The standard InChI is InChI=1S/C21H18FNO2S3/c1-4-25-15-10-6-9-14-16-18(27-28-20(16)26)21(2,3)23(17(14)15)19(24)12-7-5-8-13(22)11-12/h5-11H,4H2,1-3H3. The van der Waals surface area contributed by atoms with E-state index in [2.05, 4.69) is 0 Å². The van der Waals surface area contributed by atoms with Gasteiger partial charge in [0.05, 0.1) is 22.7 Å². The maximum Gasteiger partial charge on any atom is 0.259 e. The highest BCUT2D eigenvalue weighted by atomic mass is 32.9. The van der Waals surface area contributed by atoms with E-state index in [1.807, 2.05) is 39.0 Å². The van der Waals surface area contributed by atoms with Gasteiger partial charge in [0.25, 0.3) is 5.91 Å². The lowest BCUT2D eigenvalue weighted by Crippen LogP contribution is -2.48. The highest BCUT2D eigenvalue weighted by molar-refractivity contribution is 7.80. The van der Waals surface area contributed by atoms with Gasteiger partial charge in [-0.1, -0.05) is 51.1 Å². The van der Waals surface area contributed by atoms with Crippen LogP contribution in [0.3, 0.4) is 0 Å². The Morgan fingerprint density at radius 1 is 1.21 bits per heavy atom. The molecule has 1 amide bonds. The summed E-state index contributed by atoms with van der Waals surface area (Å²) in [5, 5.41) is 0. The normalized spacial score (nSPS) is 14.4. The number of amides is 1. The van der Waals surface area contributed by atoms with Gasteiger partial charge in [0, 0.05) is 16.7 Å². The molecule has 0 bridgehead atoms. The van der Waals surface area contributed by atoms with Crippen molar-refractivity contribution in [1.82, 2.24) is 0 Å². The Bertz CT molecular complexity index is 1130. The summed E-state index contributed by atoms with van der Waals surface area (Å²) in [6, 6.07) is 11.5. The number of ether oxygens (including phenoxy) is 1. The van der Waals surface area contributed by atoms with Crippen molar-refractivity contribution in [3.8, 4) is 16.9 Å². The molecule has 0 N–H and O–H groups in total. The van der Waals surface area contributed by atoms with E-state index in [0.717, 1.165) is 19.8 Å². The summed E-state index contributed by atoms with van der Waals surface area (Å²) in [4.78, 5) is 16.3. The van der Waals surface area contributed by atoms with Crippen molar-refractivity contribution < 1.29 is 13.9 Å². The Morgan fingerprint density at radius 3 is 2.68 bits per heavy atom. The fraction of sp³-hybridized carbons (Fsp3) is 0.238. The lowest BCUT2D eigenvalue weighted by atomic mass is 9.86. The molecule has 0 fully saturated rings. The van der Waals surface area contributed by atoms with E-state index in [1.165, 1.54) is 22.5 Å². The molecule has 0 aliphatic carbocycles. The number of para-hydroxylation sites is 1. The fourth-order valence-electron chi connectivity index (χ4n) is 3.61. The van der Waals surface area contributed by atoms with Gasteiger partial charge in [-0.25, -0.2) is 4.39 Å². The third-order valence-corrected chi connectivity index (χ3v) is 8.14. The molecular formula is C21H18FNO2S3. The second-order valence-corrected chi connectivity index (χ2v) is 9.77. The van der Waals surface area contributed by atoms with Crippen LogP contribution in [0.5, 0.6) is 5.75 Å². The molecule has 0 saturated heterocycles. The molecule has 28 heavy (non-hydrogen) atoms. The zero-order chi connectivity index (χ0) is 20.1. The monoisotopic (exact) mass is 431 g/mol. The quantitative estimate of drug-likeness (QED) is 0.344. The second kappa shape index (κ2) is 7.06. The molecule has 1 aliphatic heterocycles. The molecule has 0 saturated carbocycles. The van der Waals surface area contributed by atoms with Crippen molar-refractivity contribution in [1.29, 1.82) is 0 Å². The van der Waals surface area contributed by atoms with Crippen molar-refractivity contribution in [3.05, 3.63) is 62.5 Å². The van der Waals surface area contributed by atoms with Crippen molar-refractivity contribution in [2.75, 3.05) is 11.5 Å². The van der Waals surface area contributed by atoms with Gasteiger partial charge in [-0.3, -0.25) is 9.69 Å². The first-order chi connectivity index (χ1) is 13.4. The minimum absolute atomic E-state index is 0.270. The molecule has 0 unspecified atom stereocenters. The van der Waals surface area contributed by atoms with Gasteiger partial charge in [0.1, 0.15) is 15.4 Å². The average Bonchev–Trinajstić information content (AvgIpc) is 3.05. The topological polar surface area (TPSA) is 29.5 Å². The molecule has 3 nitrogen and oxygen atoms in total. The van der Waals surface area contributed by atoms with Crippen LogP contribution in [0.25, 0.3) is 11.1 Å². The Labute approximate surface area is 175 Å². The maximum absolute atomic E-state index is 13.8. The van der Waals surface area contributed by atoms with Crippen LogP contribution < -0.4 is 9.64 Å². The average molecular weight is 432 g/mol. The molecule has 0 radical (unpaired) electrons. The zero-order valence-electron chi connectivity index (χ0n) is 15.6. The molecule has 144 valence electrons. The van der Waals surface area contributed by atoms with Crippen molar-refractivity contribution in [2.24, 2.45) is 0 Å². The van der Waals surface area contributed by atoms with Crippen LogP contribution in [-0.2, 0) is 5.54 Å². The summed E-state index contributed by atoms with van der Waals surface area (Å²) < 4.78 is 20.5. The number of nitrogens with zero attached hydrogens (tertiary/aromatic N) is 1. The number of carbonyl (C=O) groups is 1. The van der Waals surface area contributed by atoms with Gasteiger partial charge in [-0.2, -0.15) is 0 Å². The summed E-state index contributed by atoms with van der Waals surface area (Å²) in [6.07, 6.45) is 0. The van der Waals surface area contributed by atoms with E-state index in [4.69, 9.17) is 17.0 Å². The first kappa shape index (κ1) is 19.2. The fourth-order valence-corrected chi connectivity index (χ4v) is 6.89. The second-order valence-electron chi connectivity index (χ2n) is 6.95. The Balaban J connectivity index is 2.02. The van der Waals surface area contributed by atoms with E-state index in [-0.39, 0.29) is 5.91 Å². The van der Waals surface area contributed by atoms with Crippen molar-refractivity contribution >= 4 is 44.5 Å². The highest BCUT2D eigenvalue weighted by Crippen LogP contribution is 2.55. The van der Waals surface area contributed by atoms with Crippen LogP contribution in [0, 0.1) is 9.64 Å². The van der Waals surface area contributed by atoms with E-state index >= 15 is 0 Å². The molecule has 2 heterocycles. The molecule has 3 aromatic rings. The number of hydrogen-bond acceptors (Lipinski definition) is 5. The molecule has 2 aromatic carbocycles. The molecule has 0 atom stereocenters. The Kier molecular flexibility index (Phi) is 4.85. The number of halogens is 1. The van der Waals surface area contributed by atoms with Crippen LogP contribution in [0.2, 0.25) is 0 Å². The summed E-state index contributed by atoms with van der Waals surface area (Å²) in [7, 11) is 3.12. The van der Waals surface area contributed by atoms with Crippen LogP contribution in [0.15, 0.2) is 42.5 Å². The number of anilines is 1. The van der Waals surface area contributed by atoms with Crippen LogP contribution in [0.4, 0.5) is 10.1 Å². The van der Waals surface area contributed by atoms with Crippen molar-refractivity contribution in [3.63, 3.8) is 0 Å². The molecular weight excluding hydrogens is 413 g/mol. The Hall–Kier alpha value is -2.09. The van der Waals surface area contributed by atoms with E-state index in [9.17, 15) is 9.18 Å². The van der Waals surface area contributed by atoms with Gasteiger partial charge in [0.2, 0.25) is 0 Å². The number of carbonyl (C=O) groups excluding carboxylic acids is 1. The molecule has 0 spiro atoms. The zero-order valence-corrected chi connectivity index (χ0v) is 18.1. The van der Waals surface area contributed by atoms with Gasteiger partial charge in [-0.05, 0) is 45.0 Å². The summed E-state index contributed by atoms with van der Waals surface area (Å²) in [6.45, 7) is 6.36. The van der Waals surface area contributed by atoms with Crippen LogP contribution >= 0.6 is 32.9 Å². The highest BCUT2D eigenvalue weighted by Gasteiger charge is 2.44. The SMILES string of the molecule is CCOc1cccc2c1N(C(=O)c1cccc(F)c1)C(C)(C)c1ssc(=S)c1-2. The third-order valence-electron chi connectivity index (χ3n) is 4.81. The summed E-state index contributed by atoms with van der Waals surface area (Å²) >= 11 is 5.61. The lowest BCUT2D eigenvalue weighted by Gasteiger charge is -2.43. The lowest BCUT2D eigenvalue weighted by molar-refractivity contribution is 0.0960. The van der Waals surface area contributed by atoms with Gasteiger partial charge >= 0.3 is 0 Å². The van der Waals surface area contributed by atoms with E-state index < -0.39 is 11.4 Å². The van der Waals surface area contributed by atoms with Crippen LogP contribution in [0.1, 0.15) is 36.0 Å². The van der Waals surface area contributed by atoms with E-state index in [0.29, 0.717) is 23.6 Å². The molecule has 1 aliphatic rings. The maximum atomic E-state index is 13.8. The summed E-state index contributed by atoms with van der Waals surface area (Å²) in [5.74, 6) is -0.0900. The minimum atomic E-state index is -0.656. The molecule has 4 rings (SSSR count). The van der Waals surface area contributed by atoms with Gasteiger partial charge < -0.3 is 4.74 Å². The predicted molar refractivity (Wildman–Crippen MR) is 116 cm³/mol. The van der Waals surface area contributed by atoms with Gasteiger partial charge in [0.15, 0.2) is 0 Å². The van der Waals surface area contributed by atoms with Crippen molar-refractivity contribution in [2.45, 2.75) is 26.3 Å². The number of benzene rings is 2. The third kappa shape index (κ3) is 2.89. The Morgan fingerprint density at radius 2 is 1.96 bits per heavy atom.